The van der Waals surface area contributed by atoms with Crippen LogP contribution in [0.2, 0.25) is 43.3 Å². The van der Waals surface area contributed by atoms with Crippen molar-refractivity contribution < 1.29 is 1.43 Å². The highest BCUT2D eigenvalue weighted by Gasteiger charge is 2.32. The molecule has 0 aromatic rings. The first-order chi connectivity index (χ1) is 4.15. The van der Waals surface area contributed by atoms with Gasteiger partial charge in [-0.15, -0.1) is 0 Å². The molecular formula is C7H23AlSi2. The predicted molar refractivity (Wildman–Crippen MR) is 61.1 cm³/mol. The zero-order valence-corrected chi connectivity index (χ0v) is 12.6. The number of rotatable bonds is 2. The molecule has 0 amide bonds. The molecule has 0 unspecified atom stereocenters. The molecule has 0 aromatic carbocycles. The Morgan fingerprint density at radius 1 is 0.900 bits per heavy atom. The van der Waals surface area contributed by atoms with Crippen LogP contribution in [0.4, 0.5) is 0 Å². The third-order valence-electron chi connectivity index (χ3n) is 2.60. The van der Waals surface area contributed by atoms with E-state index in [1.165, 1.54) is 20.3 Å². The summed E-state index contributed by atoms with van der Waals surface area (Å²) in [5.74, 6) is 0. The van der Waals surface area contributed by atoms with Crippen LogP contribution in [0.25, 0.3) is 0 Å². The average Bonchev–Trinajstić information content (AvgIpc) is 1.59. The van der Waals surface area contributed by atoms with Crippen LogP contribution in [-0.4, -0.2) is 32.4 Å². The van der Waals surface area contributed by atoms with Gasteiger partial charge in [-0.3, -0.25) is 0 Å². The molecule has 0 N–H and O–H groups in total. The van der Waals surface area contributed by atoms with Gasteiger partial charge in [-0.1, -0.05) is 43.3 Å². The van der Waals surface area contributed by atoms with Crippen molar-refractivity contribution in [1.82, 2.24) is 0 Å². The Kier molecular flexibility index (Phi) is 3.45. The van der Waals surface area contributed by atoms with Gasteiger partial charge in [0.05, 0.1) is 0 Å². The summed E-state index contributed by atoms with van der Waals surface area (Å²) >= 11 is 1.43. The quantitative estimate of drug-likeness (QED) is 0.587. The first-order valence-corrected chi connectivity index (χ1v) is 12.5. The molecule has 0 aliphatic carbocycles. The van der Waals surface area contributed by atoms with Gasteiger partial charge in [-0.2, -0.15) is 0 Å². The van der Waals surface area contributed by atoms with Gasteiger partial charge in [-0.25, -0.2) is 0 Å². The molecule has 62 valence electrons. The minimum absolute atomic E-state index is 0. The molecule has 0 atom stereocenters. The molecule has 0 fully saturated rings. The molecule has 0 bridgehead atoms. The van der Waals surface area contributed by atoms with Crippen molar-refractivity contribution in [2.75, 3.05) is 0 Å². The van der Waals surface area contributed by atoms with Gasteiger partial charge in [0.1, 0.15) is 0 Å². The summed E-state index contributed by atoms with van der Waals surface area (Å²) < 4.78 is 1.18. The topological polar surface area (TPSA) is 0 Å². The highest BCUT2D eigenvalue weighted by molar-refractivity contribution is 7.02. The second-order valence-electron chi connectivity index (χ2n) is 5.45. The smallest absolute Gasteiger partial charge is 0.0977 e. The average molecular weight is 190 g/mol. The van der Waals surface area contributed by atoms with E-state index in [2.05, 4.69) is 39.3 Å². The zero-order valence-electron chi connectivity index (χ0n) is 8.58. The lowest BCUT2D eigenvalue weighted by Crippen LogP contribution is -2.43. The van der Waals surface area contributed by atoms with E-state index in [-0.39, 0.29) is 1.43 Å². The Morgan fingerprint density at radius 3 is 1.10 bits per heavy atom. The molecular weight excluding hydrogens is 167 g/mol. The lowest BCUT2D eigenvalue weighted by molar-refractivity contribution is 1.43. The summed E-state index contributed by atoms with van der Waals surface area (Å²) in [5.41, 5.74) is 0. The Bertz CT molecular complexity index is 101. The standard InChI is InChI=1S/C7H19Si2.Al.H2.2H/c1-8(2,3)7-9(4,5)6;;;;/h7H,1-6H3;;1H;;. The van der Waals surface area contributed by atoms with Crippen LogP contribution in [0.15, 0.2) is 0 Å². The molecule has 0 saturated heterocycles. The molecule has 3 heteroatoms. The predicted octanol–water partition coefficient (Wildman–Crippen LogP) is 2.41. The molecule has 0 radical (unpaired) electrons. The van der Waals surface area contributed by atoms with Gasteiger partial charge in [0.25, 0.3) is 0 Å². The normalized spacial score (nSPS) is 14.3. The fourth-order valence-corrected chi connectivity index (χ4v) is 11.7. The lowest BCUT2D eigenvalue weighted by atomic mass is 11.7. The van der Waals surface area contributed by atoms with E-state index in [4.69, 9.17) is 0 Å². The Labute approximate surface area is 77.3 Å². The minimum atomic E-state index is -0.773. The van der Waals surface area contributed by atoms with E-state index in [0.29, 0.717) is 0 Å². The highest BCUT2D eigenvalue weighted by atomic mass is 28.4. The van der Waals surface area contributed by atoms with Crippen LogP contribution in [-0.2, 0) is 0 Å². The Morgan fingerprint density at radius 2 is 1.10 bits per heavy atom. The molecule has 0 aromatic heterocycles. The minimum Gasteiger partial charge on any atom is -0.0977 e. The summed E-state index contributed by atoms with van der Waals surface area (Å²) in [7, 11) is -1.55. The van der Waals surface area contributed by atoms with Gasteiger partial charge >= 0.3 is 0 Å². The van der Waals surface area contributed by atoms with Gasteiger partial charge in [0.2, 0.25) is 16.3 Å². The maximum absolute atomic E-state index is 2.52. The van der Waals surface area contributed by atoms with Crippen LogP contribution in [0.3, 0.4) is 0 Å². The first-order valence-electron chi connectivity index (χ1n) is 4.15. The SMILES string of the molecule is C[Si](C)(C)[CH]([AlH2])[Si](C)(C)C.[HH]. The van der Waals surface area contributed by atoms with Crippen molar-refractivity contribution in [2.45, 2.75) is 43.3 Å². The maximum Gasteiger partial charge on any atom is 0.209 e. The van der Waals surface area contributed by atoms with Gasteiger partial charge in [-0.05, 0) is 0 Å². The van der Waals surface area contributed by atoms with Crippen molar-refractivity contribution in [2.24, 2.45) is 0 Å². The summed E-state index contributed by atoms with van der Waals surface area (Å²) in [5, 5.41) is 0. The molecule has 0 spiro atoms. The van der Waals surface area contributed by atoms with Crippen LogP contribution in [0.5, 0.6) is 0 Å². The second kappa shape index (κ2) is 3.14. The number of hydrogen-bond acceptors (Lipinski definition) is 0. The fraction of sp³-hybridized carbons (Fsp3) is 1.00. The molecule has 10 heavy (non-hydrogen) atoms. The van der Waals surface area contributed by atoms with E-state index >= 15 is 0 Å². The van der Waals surface area contributed by atoms with Crippen LogP contribution in [0, 0.1) is 0 Å². The molecule has 0 rings (SSSR count). The summed E-state index contributed by atoms with van der Waals surface area (Å²) in [6.45, 7) is 15.1. The molecule has 0 saturated carbocycles. The lowest BCUT2D eigenvalue weighted by Gasteiger charge is -2.35. The molecule has 0 aliphatic heterocycles. The van der Waals surface area contributed by atoms with Crippen LogP contribution in [0.1, 0.15) is 1.43 Å². The van der Waals surface area contributed by atoms with Crippen molar-refractivity contribution in [3.8, 4) is 0 Å². The van der Waals surface area contributed by atoms with Gasteiger partial charge in [0, 0.05) is 17.6 Å². The van der Waals surface area contributed by atoms with Crippen molar-refractivity contribution in [3.63, 3.8) is 0 Å². The Hall–Kier alpha value is 0.966. The van der Waals surface area contributed by atoms with E-state index in [9.17, 15) is 0 Å². The van der Waals surface area contributed by atoms with Gasteiger partial charge in [0.15, 0.2) is 0 Å². The van der Waals surface area contributed by atoms with Crippen molar-refractivity contribution in [1.29, 1.82) is 0 Å². The maximum atomic E-state index is 2.52. The van der Waals surface area contributed by atoms with Crippen molar-refractivity contribution >= 4 is 32.4 Å². The van der Waals surface area contributed by atoms with Crippen molar-refractivity contribution in [3.05, 3.63) is 0 Å². The molecule has 0 aliphatic rings. The summed E-state index contributed by atoms with van der Waals surface area (Å²) in [6, 6.07) is 0. The van der Waals surface area contributed by atoms with Crippen LogP contribution >= 0.6 is 0 Å². The second-order valence-corrected chi connectivity index (χ2v) is 20.7. The third-order valence-corrected chi connectivity index (χ3v) is 23.4. The highest BCUT2D eigenvalue weighted by Crippen LogP contribution is 2.28. The summed E-state index contributed by atoms with van der Waals surface area (Å²) in [6.07, 6.45) is 0. The van der Waals surface area contributed by atoms with E-state index in [1.807, 2.05) is 0 Å². The number of hydrogen-bond donors (Lipinski definition) is 0. The summed E-state index contributed by atoms with van der Waals surface area (Å²) in [4.78, 5) is 0. The Balaban J connectivity index is 0. The first kappa shape index (κ1) is 11.0. The largest absolute Gasteiger partial charge is 0.209 e. The van der Waals surface area contributed by atoms with E-state index < -0.39 is 16.1 Å². The molecule has 0 nitrogen and oxygen atoms in total. The monoisotopic (exact) mass is 190 g/mol. The van der Waals surface area contributed by atoms with Crippen LogP contribution < -0.4 is 0 Å². The molecule has 0 heterocycles. The fourth-order valence-electron chi connectivity index (χ4n) is 1.30. The van der Waals surface area contributed by atoms with E-state index in [1.54, 1.807) is 0 Å². The third kappa shape index (κ3) is 3.38. The van der Waals surface area contributed by atoms with E-state index in [0.717, 1.165) is 0 Å². The zero-order chi connectivity index (χ0) is 8.58. The van der Waals surface area contributed by atoms with Gasteiger partial charge < -0.3 is 0 Å².